The van der Waals surface area contributed by atoms with Gasteiger partial charge in [0.25, 0.3) is 0 Å². The predicted molar refractivity (Wildman–Crippen MR) is 78.6 cm³/mol. The van der Waals surface area contributed by atoms with Crippen molar-refractivity contribution < 1.29 is 8.42 Å². The van der Waals surface area contributed by atoms with Gasteiger partial charge in [-0.15, -0.1) is 0 Å². The van der Waals surface area contributed by atoms with E-state index in [-0.39, 0.29) is 6.04 Å². The van der Waals surface area contributed by atoms with E-state index in [1.54, 1.807) is 0 Å². The highest BCUT2D eigenvalue weighted by Gasteiger charge is 2.31. The highest BCUT2D eigenvalue weighted by molar-refractivity contribution is 7.91. The highest BCUT2D eigenvalue weighted by Crippen LogP contribution is 2.20. The molecule has 0 aromatic heterocycles. The molecule has 5 heteroatoms. The van der Waals surface area contributed by atoms with E-state index in [0.29, 0.717) is 11.5 Å². The molecule has 2 rings (SSSR count). The summed E-state index contributed by atoms with van der Waals surface area (Å²) in [5.74, 6) is 0.640. The van der Waals surface area contributed by atoms with Crippen molar-refractivity contribution in [2.45, 2.75) is 32.4 Å². The van der Waals surface area contributed by atoms with Crippen LogP contribution in [-0.4, -0.2) is 37.4 Å². The monoisotopic (exact) mass is 282 g/mol. The van der Waals surface area contributed by atoms with E-state index in [1.165, 1.54) is 5.56 Å². The van der Waals surface area contributed by atoms with Crippen molar-refractivity contribution in [3.05, 3.63) is 29.8 Å². The molecular weight excluding hydrogens is 260 g/mol. The van der Waals surface area contributed by atoms with Crippen molar-refractivity contribution in [2.75, 3.05) is 23.8 Å². The van der Waals surface area contributed by atoms with Crippen LogP contribution in [0.3, 0.4) is 0 Å². The third-order valence-electron chi connectivity index (χ3n) is 3.60. The Labute approximate surface area is 115 Å². The van der Waals surface area contributed by atoms with Crippen LogP contribution < -0.4 is 5.73 Å². The van der Waals surface area contributed by atoms with Gasteiger partial charge in [0, 0.05) is 18.3 Å². The molecule has 0 bridgehead atoms. The average molecular weight is 282 g/mol. The molecule has 0 saturated carbocycles. The number of nitrogens with zero attached hydrogens (tertiary/aromatic N) is 1. The normalized spacial score (nSPS) is 21.9. The Morgan fingerprint density at radius 1 is 1.32 bits per heavy atom. The molecule has 1 aliphatic heterocycles. The summed E-state index contributed by atoms with van der Waals surface area (Å²) in [7, 11) is -2.82. The van der Waals surface area contributed by atoms with Gasteiger partial charge in [-0.1, -0.05) is 19.1 Å². The minimum atomic E-state index is -2.82. The van der Waals surface area contributed by atoms with Gasteiger partial charge in [0.15, 0.2) is 9.84 Å². The number of nitrogen functional groups attached to an aromatic ring is 1. The van der Waals surface area contributed by atoms with Crippen molar-refractivity contribution in [1.29, 1.82) is 0 Å². The Kier molecular flexibility index (Phi) is 4.47. The largest absolute Gasteiger partial charge is 0.399 e. The molecule has 1 aliphatic rings. The van der Waals surface area contributed by atoms with Gasteiger partial charge in [-0.2, -0.15) is 0 Å². The van der Waals surface area contributed by atoms with Crippen LogP contribution in [0.4, 0.5) is 5.69 Å². The zero-order valence-corrected chi connectivity index (χ0v) is 12.2. The number of hydrogen-bond donors (Lipinski definition) is 1. The molecule has 2 N–H and O–H groups in total. The Morgan fingerprint density at radius 3 is 2.53 bits per heavy atom. The first-order valence-electron chi connectivity index (χ1n) is 6.79. The maximum atomic E-state index is 11.6. The van der Waals surface area contributed by atoms with Crippen LogP contribution >= 0.6 is 0 Å². The van der Waals surface area contributed by atoms with E-state index in [9.17, 15) is 8.42 Å². The Bertz CT molecular complexity index is 511. The molecule has 1 heterocycles. The van der Waals surface area contributed by atoms with Gasteiger partial charge in [-0.25, -0.2) is 8.42 Å². The third kappa shape index (κ3) is 3.94. The van der Waals surface area contributed by atoms with Crippen LogP contribution in [0.15, 0.2) is 24.3 Å². The number of sulfone groups is 1. The predicted octanol–water partition coefficient (Wildman–Crippen LogP) is 1.67. The summed E-state index contributed by atoms with van der Waals surface area (Å²) in [6.45, 7) is 3.86. The van der Waals surface area contributed by atoms with Crippen LogP contribution in [0.2, 0.25) is 0 Å². The molecule has 1 aromatic carbocycles. The molecule has 1 fully saturated rings. The second-order valence-corrected chi connectivity index (χ2v) is 7.50. The summed E-state index contributed by atoms with van der Waals surface area (Å²) in [4.78, 5) is 2.29. The minimum absolute atomic E-state index is 0.169. The molecule has 0 unspecified atom stereocenters. The molecule has 4 nitrogen and oxygen atoms in total. The summed E-state index contributed by atoms with van der Waals surface area (Å²) in [6.07, 6.45) is 1.79. The fourth-order valence-electron chi connectivity index (χ4n) is 2.60. The van der Waals surface area contributed by atoms with Crippen LogP contribution in [-0.2, 0) is 16.4 Å². The smallest absolute Gasteiger partial charge is 0.151 e. The van der Waals surface area contributed by atoms with Crippen molar-refractivity contribution in [2.24, 2.45) is 0 Å². The zero-order chi connectivity index (χ0) is 13.9. The molecular formula is C14H22N2O2S. The molecule has 0 spiro atoms. The summed E-state index contributed by atoms with van der Waals surface area (Å²) in [6, 6.07) is 7.99. The van der Waals surface area contributed by atoms with Gasteiger partial charge in [0.05, 0.1) is 11.5 Å². The maximum absolute atomic E-state index is 11.6. The number of benzene rings is 1. The molecule has 1 aromatic rings. The van der Waals surface area contributed by atoms with E-state index in [4.69, 9.17) is 5.73 Å². The van der Waals surface area contributed by atoms with E-state index in [1.807, 2.05) is 24.3 Å². The number of anilines is 1. The lowest BCUT2D eigenvalue weighted by Gasteiger charge is -2.27. The van der Waals surface area contributed by atoms with Crippen molar-refractivity contribution in [3.8, 4) is 0 Å². The fraction of sp³-hybridized carbons (Fsp3) is 0.571. The first-order valence-corrected chi connectivity index (χ1v) is 8.61. The summed E-state index contributed by atoms with van der Waals surface area (Å²) in [5.41, 5.74) is 7.63. The summed E-state index contributed by atoms with van der Waals surface area (Å²) < 4.78 is 23.2. The highest BCUT2D eigenvalue weighted by atomic mass is 32.2. The van der Waals surface area contributed by atoms with Crippen LogP contribution in [0.5, 0.6) is 0 Å². The van der Waals surface area contributed by atoms with E-state index < -0.39 is 9.84 Å². The number of hydrogen-bond acceptors (Lipinski definition) is 4. The second-order valence-electron chi connectivity index (χ2n) is 5.27. The van der Waals surface area contributed by atoms with Crippen LogP contribution in [0.25, 0.3) is 0 Å². The van der Waals surface area contributed by atoms with Crippen molar-refractivity contribution >= 4 is 15.5 Å². The molecule has 0 amide bonds. The maximum Gasteiger partial charge on any atom is 0.151 e. The lowest BCUT2D eigenvalue weighted by atomic mass is 10.1. The number of nitrogens with two attached hydrogens (primary N) is 1. The molecule has 1 atom stereocenters. The molecule has 106 valence electrons. The van der Waals surface area contributed by atoms with E-state index in [2.05, 4.69) is 11.8 Å². The average Bonchev–Trinajstić information content (AvgIpc) is 2.72. The lowest BCUT2D eigenvalue weighted by Crippen LogP contribution is -2.36. The fourth-order valence-corrected chi connectivity index (χ4v) is 4.36. The topological polar surface area (TPSA) is 63.4 Å². The number of rotatable bonds is 5. The Morgan fingerprint density at radius 2 is 2.00 bits per heavy atom. The zero-order valence-electron chi connectivity index (χ0n) is 11.4. The van der Waals surface area contributed by atoms with Gasteiger partial charge in [-0.3, -0.25) is 4.90 Å². The third-order valence-corrected chi connectivity index (χ3v) is 5.35. The first kappa shape index (κ1) is 14.3. The minimum Gasteiger partial charge on any atom is -0.399 e. The first-order chi connectivity index (χ1) is 9.00. The molecule has 1 saturated heterocycles. The van der Waals surface area contributed by atoms with Crippen molar-refractivity contribution in [3.63, 3.8) is 0 Å². The lowest BCUT2D eigenvalue weighted by molar-refractivity contribution is 0.204. The summed E-state index contributed by atoms with van der Waals surface area (Å²) >= 11 is 0. The Balaban J connectivity index is 2.06. The summed E-state index contributed by atoms with van der Waals surface area (Å²) in [5, 5.41) is 0. The standard InChI is InChI=1S/C14H22N2O2S/c1-2-8-16(14-7-9-19(17,18)11-14)10-12-3-5-13(15)6-4-12/h3-6,14H,2,7-11,15H2,1H3/t14-/m1/s1. The molecule has 0 radical (unpaired) electrons. The quantitative estimate of drug-likeness (QED) is 0.834. The van der Waals surface area contributed by atoms with Gasteiger partial charge in [0.2, 0.25) is 0 Å². The van der Waals surface area contributed by atoms with Crippen LogP contribution in [0.1, 0.15) is 25.3 Å². The molecule has 0 aliphatic carbocycles. The Hall–Kier alpha value is -1.07. The van der Waals surface area contributed by atoms with Gasteiger partial charge >= 0.3 is 0 Å². The van der Waals surface area contributed by atoms with Gasteiger partial charge in [0.1, 0.15) is 0 Å². The molecule has 19 heavy (non-hydrogen) atoms. The van der Waals surface area contributed by atoms with Gasteiger partial charge in [-0.05, 0) is 37.1 Å². The van der Waals surface area contributed by atoms with E-state index >= 15 is 0 Å². The van der Waals surface area contributed by atoms with Crippen LogP contribution in [0, 0.1) is 0 Å². The second kappa shape index (κ2) is 5.92. The SMILES string of the molecule is CCCN(Cc1ccc(N)cc1)[C@@H]1CCS(=O)(=O)C1. The van der Waals surface area contributed by atoms with Crippen molar-refractivity contribution in [1.82, 2.24) is 4.90 Å². The van der Waals surface area contributed by atoms with Gasteiger partial charge < -0.3 is 5.73 Å². The van der Waals surface area contributed by atoms with E-state index in [0.717, 1.165) is 31.6 Å².